The average Bonchev–Trinajstić information content (AvgIpc) is 3.18. The topological polar surface area (TPSA) is 68.6 Å². The Morgan fingerprint density at radius 1 is 1.14 bits per heavy atom. The number of nitrogens with zero attached hydrogens (tertiary/aromatic N) is 3. The van der Waals surface area contributed by atoms with Gasteiger partial charge in [-0.2, -0.15) is 0 Å². The Hall–Kier alpha value is -3.48. The lowest BCUT2D eigenvalue weighted by atomic mass is 10.1. The summed E-state index contributed by atoms with van der Waals surface area (Å²) in [4.78, 5) is 18.8. The molecule has 152 valence electrons. The summed E-state index contributed by atoms with van der Waals surface area (Å²) in [5.74, 6) is 2.29. The van der Waals surface area contributed by atoms with E-state index < -0.39 is 0 Å². The van der Waals surface area contributed by atoms with Crippen LogP contribution in [0.2, 0.25) is 0 Å². The number of likely N-dealkylation sites (N-methyl/N-ethyl adjacent to an activating group) is 1. The van der Waals surface area contributed by atoms with E-state index in [2.05, 4.69) is 10.3 Å². The van der Waals surface area contributed by atoms with Crippen molar-refractivity contribution < 1.29 is 14.3 Å². The van der Waals surface area contributed by atoms with Crippen LogP contribution in [-0.4, -0.2) is 47.8 Å². The molecule has 2 aromatic carbocycles. The number of ether oxygens (including phenoxy) is 2. The van der Waals surface area contributed by atoms with Crippen LogP contribution in [0.4, 0.5) is 4.79 Å². The van der Waals surface area contributed by atoms with Gasteiger partial charge < -0.3 is 24.3 Å². The second-order valence-electron chi connectivity index (χ2n) is 6.64. The third-order valence-electron chi connectivity index (χ3n) is 4.62. The Morgan fingerprint density at radius 3 is 2.48 bits per heavy atom. The van der Waals surface area contributed by atoms with Crippen LogP contribution in [0.1, 0.15) is 17.4 Å². The summed E-state index contributed by atoms with van der Waals surface area (Å²) in [6.07, 6.45) is 3.57. The number of benzene rings is 2. The van der Waals surface area contributed by atoms with E-state index in [9.17, 15) is 4.79 Å². The standard InChI is InChI=1S/C22H26N4O3/c1-25-14-13-23-21(25)20(17-9-11-18(28-3)12-10-17)24-22(27)26(2)15-16-29-19-7-5-4-6-8-19/h4-14,20H,15-16H2,1-3H3,(H,24,27). The number of aryl methyl sites for hydroxylation is 1. The highest BCUT2D eigenvalue weighted by Crippen LogP contribution is 2.23. The quantitative estimate of drug-likeness (QED) is 0.637. The second-order valence-corrected chi connectivity index (χ2v) is 6.64. The molecule has 0 aliphatic rings. The molecule has 0 aliphatic carbocycles. The molecule has 1 heterocycles. The zero-order valence-electron chi connectivity index (χ0n) is 16.9. The summed E-state index contributed by atoms with van der Waals surface area (Å²) in [7, 11) is 5.27. The first-order valence-electron chi connectivity index (χ1n) is 9.39. The molecular formula is C22H26N4O3. The van der Waals surface area contributed by atoms with E-state index in [-0.39, 0.29) is 12.1 Å². The van der Waals surface area contributed by atoms with Crippen LogP contribution in [0.15, 0.2) is 67.0 Å². The Balaban J connectivity index is 1.66. The molecule has 0 aliphatic heterocycles. The van der Waals surface area contributed by atoms with E-state index in [4.69, 9.17) is 9.47 Å². The molecule has 0 fully saturated rings. The first kappa shape index (κ1) is 20.3. The normalized spacial score (nSPS) is 11.6. The number of urea groups is 1. The van der Waals surface area contributed by atoms with Gasteiger partial charge in [0.05, 0.1) is 13.7 Å². The summed E-state index contributed by atoms with van der Waals surface area (Å²) < 4.78 is 12.8. The fourth-order valence-corrected chi connectivity index (χ4v) is 2.90. The molecule has 0 saturated carbocycles. The zero-order valence-corrected chi connectivity index (χ0v) is 16.9. The fraction of sp³-hybridized carbons (Fsp3) is 0.273. The van der Waals surface area contributed by atoms with Gasteiger partial charge in [-0.25, -0.2) is 9.78 Å². The predicted octanol–water partition coefficient (Wildman–Crippen LogP) is 3.24. The fourth-order valence-electron chi connectivity index (χ4n) is 2.90. The number of rotatable bonds is 8. The van der Waals surface area contributed by atoms with Crippen LogP contribution in [0.25, 0.3) is 0 Å². The van der Waals surface area contributed by atoms with Crippen LogP contribution >= 0.6 is 0 Å². The van der Waals surface area contributed by atoms with Gasteiger partial charge in [-0.3, -0.25) is 0 Å². The molecule has 0 bridgehead atoms. The highest BCUT2D eigenvalue weighted by atomic mass is 16.5. The second kappa shape index (κ2) is 9.64. The van der Waals surface area contributed by atoms with Gasteiger partial charge in [0.15, 0.2) is 0 Å². The largest absolute Gasteiger partial charge is 0.497 e. The summed E-state index contributed by atoms with van der Waals surface area (Å²) >= 11 is 0. The highest BCUT2D eigenvalue weighted by molar-refractivity contribution is 5.74. The average molecular weight is 394 g/mol. The minimum Gasteiger partial charge on any atom is -0.497 e. The van der Waals surface area contributed by atoms with Crippen molar-refractivity contribution in [3.8, 4) is 11.5 Å². The maximum atomic E-state index is 12.8. The monoisotopic (exact) mass is 394 g/mol. The number of hydrogen-bond donors (Lipinski definition) is 1. The molecule has 1 unspecified atom stereocenters. The molecule has 1 aromatic heterocycles. The number of para-hydroxylation sites is 1. The first-order chi connectivity index (χ1) is 14.1. The van der Waals surface area contributed by atoms with Gasteiger partial charge in [0, 0.05) is 26.5 Å². The van der Waals surface area contributed by atoms with Gasteiger partial charge in [0.25, 0.3) is 0 Å². The lowest BCUT2D eigenvalue weighted by Crippen LogP contribution is -2.42. The molecule has 1 atom stereocenters. The van der Waals surface area contributed by atoms with Gasteiger partial charge in [-0.15, -0.1) is 0 Å². The Bertz CT molecular complexity index is 909. The number of nitrogens with one attached hydrogen (secondary N) is 1. The molecule has 1 N–H and O–H groups in total. The molecule has 29 heavy (non-hydrogen) atoms. The van der Waals surface area contributed by atoms with E-state index in [1.807, 2.05) is 72.4 Å². The van der Waals surface area contributed by atoms with Gasteiger partial charge in [-0.1, -0.05) is 30.3 Å². The number of hydrogen-bond acceptors (Lipinski definition) is 4. The van der Waals surface area contributed by atoms with Gasteiger partial charge >= 0.3 is 6.03 Å². The lowest BCUT2D eigenvalue weighted by Gasteiger charge is -2.24. The van der Waals surface area contributed by atoms with Crippen molar-refractivity contribution in [1.82, 2.24) is 19.8 Å². The minimum atomic E-state index is -0.383. The minimum absolute atomic E-state index is 0.203. The predicted molar refractivity (Wildman–Crippen MR) is 111 cm³/mol. The SMILES string of the molecule is COc1ccc(C(NC(=O)N(C)CCOc2ccccc2)c2nccn2C)cc1. The van der Waals surface area contributed by atoms with E-state index in [0.29, 0.717) is 13.2 Å². The smallest absolute Gasteiger partial charge is 0.318 e. The number of carbonyl (C=O) groups is 1. The molecule has 0 saturated heterocycles. The summed E-state index contributed by atoms with van der Waals surface area (Å²) in [6.45, 7) is 0.861. The van der Waals surface area contributed by atoms with Crippen LogP contribution in [0.5, 0.6) is 11.5 Å². The van der Waals surface area contributed by atoms with E-state index in [1.54, 1.807) is 25.3 Å². The molecule has 3 aromatic rings. The lowest BCUT2D eigenvalue weighted by molar-refractivity contribution is 0.193. The first-order valence-corrected chi connectivity index (χ1v) is 9.39. The molecule has 2 amide bonds. The number of amides is 2. The van der Waals surface area contributed by atoms with E-state index in [1.165, 1.54) is 0 Å². The van der Waals surface area contributed by atoms with Crippen LogP contribution in [0.3, 0.4) is 0 Å². The maximum absolute atomic E-state index is 12.8. The molecular weight excluding hydrogens is 368 g/mol. The van der Waals surface area contributed by atoms with Crippen molar-refractivity contribution in [2.45, 2.75) is 6.04 Å². The van der Waals surface area contributed by atoms with E-state index >= 15 is 0 Å². The Morgan fingerprint density at radius 2 is 1.86 bits per heavy atom. The molecule has 7 nitrogen and oxygen atoms in total. The van der Waals surface area contributed by atoms with Gasteiger partial charge in [0.1, 0.15) is 30.0 Å². The zero-order chi connectivity index (χ0) is 20.6. The van der Waals surface area contributed by atoms with Gasteiger partial charge in [0.2, 0.25) is 0 Å². The number of aromatic nitrogens is 2. The third-order valence-corrected chi connectivity index (χ3v) is 4.62. The molecule has 0 spiro atoms. The van der Waals surface area contributed by atoms with Crippen LogP contribution in [-0.2, 0) is 7.05 Å². The van der Waals surface area contributed by atoms with Crippen LogP contribution in [0, 0.1) is 0 Å². The van der Waals surface area contributed by atoms with Crippen molar-refractivity contribution in [3.63, 3.8) is 0 Å². The van der Waals surface area contributed by atoms with Crippen molar-refractivity contribution >= 4 is 6.03 Å². The summed E-state index contributed by atoms with van der Waals surface area (Å²) in [5, 5.41) is 3.07. The number of imidazole rings is 1. The van der Waals surface area contributed by atoms with E-state index in [0.717, 1.165) is 22.9 Å². The Kier molecular flexibility index (Phi) is 6.73. The number of carbonyl (C=O) groups excluding carboxylic acids is 1. The van der Waals surface area contributed by atoms with Crippen molar-refractivity contribution in [2.24, 2.45) is 7.05 Å². The molecule has 3 rings (SSSR count). The van der Waals surface area contributed by atoms with Crippen molar-refractivity contribution in [3.05, 3.63) is 78.4 Å². The van der Waals surface area contributed by atoms with Crippen molar-refractivity contribution in [2.75, 3.05) is 27.3 Å². The van der Waals surface area contributed by atoms with Crippen molar-refractivity contribution in [1.29, 1.82) is 0 Å². The highest BCUT2D eigenvalue weighted by Gasteiger charge is 2.22. The number of methoxy groups -OCH3 is 1. The molecule has 7 heteroatoms. The van der Waals surface area contributed by atoms with Crippen LogP contribution < -0.4 is 14.8 Å². The third kappa shape index (κ3) is 5.28. The van der Waals surface area contributed by atoms with Gasteiger partial charge in [-0.05, 0) is 29.8 Å². The maximum Gasteiger partial charge on any atom is 0.318 e. The molecule has 0 radical (unpaired) electrons. The summed E-state index contributed by atoms with van der Waals surface area (Å²) in [5.41, 5.74) is 0.919. The summed E-state index contributed by atoms with van der Waals surface area (Å²) in [6, 6.07) is 16.6. The Labute approximate surface area is 170 Å².